The van der Waals surface area contributed by atoms with Crippen LogP contribution >= 0.6 is 12.4 Å². The maximum atomic E-state index is 13.6. The van der Waals surface area contributed by atoms with Crippen molar-refractivity contribution in [3.8, 4) is 0 Å². The maximum Gasteiger partial charge on any atom is 0.126 e. The molecule has 16 heavy (non-hydrogen) atoms. The van der Waals surface area contributed by atoms with Crippen molar-refractivity contribution in [2.24, 2.45) is 5.92 Å². The highest BCUT2D eigenvalue weighted by Gasteiger charge is 2.15. The second kappa shape index (κ2) is 6.21. The SMILES string of the molecule is Cc1ccc(CC2CCNCC2)c(F)c1.Cl. The first-order chi connectivity index (χ1) is 7.25. The molecule has 0 radical (unpaired) electrons. The minimum Gasteiger partial charge on any atom is -0.317 e. The Morgan fingerprint density at radius 1 is 1.31 bits per heavy atom. The lowest BCUT2D eigenvalue weighted by Crippen LogP contribution is -2.28. The van der Waals surface area contributed by atoms with E-state index in [4.69, 9.17) is 0 Å². The number of nitrogens with one attached hydrogen (secondary N) is 1. The first kappa shape index (κ1) is 13.5. The number of benzene rings is 1. The van der Waals surface area contributed by atoms with Gasteiger partial charge in [0, 0.05) is 0 Å². The lowest BCUT2D eigenvalue weighted by molar-refractivity contribution is 0.368. The number of rotatable bonds is 2. The number of halogens is 2. The predicted molar refractivity (Wildman–Crippen MR) is 67.7 cm³/mol. The van der Waals surface area contributed by atoms with Crippen LogP contribution in [-0.2, 0) is 6.42 Å². The van der Waals surface area contributed by atoms with Gasteiger partial charge in [0.2, 0.25) is 0 Å². The van der Waals surface area contributed by atoms with Crippen molar-refractivity contribution in [2.45, 2.75) is 26.2 Å². The van der Waals surface area contributed by atoms with E-state index in [1.54, 1.807) is 6.07 Å². The zero-order valence-electron chi connectivity index (χ0n) is 9.63. The van der Waals surface area contributed by atoms with Gasteiger partial charge in [-0.05, 0) is 62.4 Å². The molecule has 1 fully saturated rings. The Morgan fingerprint density at radius 2 is 2.00 bits per heavy atom. The fourth-order valence-corrected chi connectivity index (χ4v) is 2.21. The third-order valence-electron chi connectivity index (χ3n) is 3.18. The van der Waals surface area contributed by atoms with E-state index in [0.717, 1.165) is 30.6 Å². The van der Waals surface area contributed by atoms with Gasteiger partial charge in [-0.25, -0.2) is 4.39 Å². The Labute approximate surface area is 103 Å². The predicted octanol–water partition coefficient (Wildman–Crippen LogP) is 3.10. The average molecular weight is 244 g/mol. The van der Waals surface area contributed by atoms with Crippen LogP contribution in [0.4, 0.5) is 4.39 Å². The molecule has 0 spiro atoms. The molecule has 2 rings (SSSR count). The molecule has 1 aliphatic rings. The van der Waals surface area contributed by atoms with Crippen molar-refractivity contribution in [2.75, 3.05) is 13.1 Å². The van der Waals surface area contributed by atoms with Crippen LogP contribution in [0, 0.1) is 18.7 Å². The highest BCUT2D eigenvalue weighted by molar-refractivity contribution is 5.85. The van der Waals surface area contributed by atoms with Gasteiger partial charge in [0.15, 0.2) is 0 Å². The highest BCUT2D eigenvalue weighted by Crippen LogP contribution is 2.20. The van der Waals surface area contributed by atoms with Crippen molar-refractivity contribution in [1.82, 2.24) is 5.32 Å². The van der Waals surface area contributed by atoms with Gasteiger partial charge in [-0.15, -0.1) is 12.4 Å². The van der Waals surface area contributed by atoms with Crippen molar-refractivity contribution in [3.05, 3.63) is 35.1 Å². The molecule has 0 amide bonds. The van der Waals surface area contributed by atoms with E-state index in [1.807, 2.05) is 19.1 Å². The molecule has 1 heterocycles. The minimum absolute atomic E-state index is 0. The molecule has 90 valence electrons. The van der Waals surface area contributed by atoms with Gasteiger partial charge < -0.3 is 5.32 Å². The summed E-state index contributed by atoms with van der Waals surface area (Å²) in [7, 11) is 0. The quantitative estimate of drug-likeness (QED) is 0.842. The Kier molecular flexibility index (Phi) is 5.23. The molecule has 0 aliphatic carbocycles. The lowest BCUT2D eigenvalue weighted by atomic mass is 9.90. The van der Waals surface area contributed by atoms with Crippen LogP contribution < -0.4 is 5.32 Å². The standard InChI is InChI=1S/C13H18FN.ClH/c1-10-2-3-12(13(14)8-10)9-11-4-6-15-7-5-11;/h2-3,8,11,15H,4-7,9H2,1H3;1H. The van der Waals surface area contributed by atoms with Crippen LogP contribution in [0.15, 0.2) is 18.2 Å². The van der Waals surface area contributed by atoms with E-state index in [1.165, 1.54) is 12.8 Å². The van der Waals surface area contributed by atoms with Gasteiger partial charge in [-0.1, -0.05) is 12.1 Å². The molecule has 1 aromatic rings. The van der Waals surface area contributed by atoms with Crippen molar-refractivity contribution < 1.29 is 4.39 Å². The van der Waals surface area contributed by atoms with Crippen LogP contribution in [0.5, 0.6) is 0 Å². The first-order valence-electron chi connectivity index (χ1n) is 5.71. The summed E-state index contributed by atoms with van der Waals surface area (Å²) in [6.45, 7) is 4.09. The zero-order valence-corrected chi connectivity index (χ0v) is 10.4. The third kappa shape index (κ3) is 3.46. The summed E-state index contributed by atoms with van der Waals surface area (Å²) in [5.41, 5.74) is 1.88. The molecule has 0 atom stereocenters. The number of hydrogen-bond donors (Lipinski definition) is 1. The van der Waals surface area contributed by atoms with E-state index in [9.17, 15) is 4.39 Å². The average Bonchev–Trinajstić information content (AvgIpc) is 2.24. The largest absolute Gasteiger partial charge is 0.317 e. The summed E-state index contributed by atoms with van der Waals surface area (Å²) in [5, 5.41) is 3.33. The van der Waals surface area contributed by atoms with E-state index >= 15 is 0 Å². The van der Waals surface area contributed by atoms with Gasteiger partial charge >= 0.3 is 0 Å². The van der Waals surface area contributed by atoms with Crippen LogP contribution in [0.25, 0.3) is 0 Å². The molecule has 1 aliphatic heterocycles. The smallest absolute Gasteiger partial charge is 0.126 e. The molecule has 1 nitrogen and oxygen atoms in total. The Morgan fingerprint density at radius 3 is 2.62 bits per heavy atom. The van der Waals surface area contributed by atoms with Crippen molar-refractivity contribution in [1.29, 1.82) is 0 Å². The number of aryl methyl sites for hydroxylation is 1. The Bertz CT molecular complexity index is 335. The topological polar surface area (TPSA) is 12.0 Å². The molecule has 0 saturated carbocycles. The fraction of sp³-hybridized carbons (Fsp3) is 0.538. The molecule has 1 saturated heterocycles. The summed E-state index contributed by atoms with van der Waals surface area (Å²) in [6.07, 6.45) is 3.24. The molecular formula is C13H19ClFN. The Hall–Kier alpha value is -0.600. The molecule has 0 bridgehead atoms. The highest BCUT2D eigenvalue weighted by atomic mass is 35.5. The summed E-state index contributed by atoms with van der Waals surface area (Å²) in [5.74, 6) is 0.622. The van der Waals surface area contributed by atoms with Gasteiger partial charge in [-0.2, -0.15) is 0 Å². The molecule has 1 aromatic carbocycles. The van der Waals surface area contributed by atoms with E-state index in [0.29, 0.717) is 5.92 Å². The monoisotopic (exact) mass is 243 g/mol. The van der Waals surface area contributed by atoms with E-state index in [-0.39, 0.29) is 18.2 Å². The van der Waals surface area contributed by atoms with E-state index < -0.39 is 0 Å². The van der Waals surface area contributed by atoms with Crippen molar-refractivity contribution >= 4 is 12.4 Å². The second-order valence-corrected chi connectivity index (χ2v) is 4.49. The summed E-state index contributed by atoms with van der Waals surface area (Å²) in [4.78, 5) is 0. The minimum atomic E-state index is -0.0338. The zero-order chi connectivity index (χ0) is 10.7. The molecule has 3 heteroatoms. The number of hydrogen-bond acceptors (Lipinski definition) is 1. The molecule has 0 aromatic heterocycles. The summed E-state index contributed by atoms with van der Waals surface area (Å²) >= 11 is 0. The normalized spacial score (nSPS) is 16.9. The Balaban J connectivity index is 0.00000128. The van der Waals surface area contributed by atoms with Crippen LogP contribution in [0.2, 0.25) is 0 Å². The summed E-state index contributed by atoms with van der Waals surface area (Å²) < 4.78 is 13.6. The second-order valence-electron chi connectivity index (χ2n) is 4.49. The maximum absolute atomic E-state index is 13.6. The molecule has 1 N–H and O–H groups in total. The van der Waals surface area contributed by atoms with Gasteiger partial charge in [-0.3, -0.25) is 0 Å². The van der Waals surface area contributed by atoms with Gasteiger partial charge in [0.1, 0.15) is 5.82 Å². The molecule has 0 unspecified atom stereocenters. The van der Waals surface area contributed by atoms with Crippen molar-refractivity contribution in [3.63, 3.8) is 0 Å². The summed E-state index contributed by atoms with van der Waals surface area (Å²) in [6, 6.07) is 5.57. The van der Waals surface area contributed by atoms with Gasteiger partial charge in [0.05, 0.1) is 0 Å². The fourth-order valence-electron chi connectivity index (χ4n) is 2.21. The first-order valence-corrected chi connectivity index (χ1v) is 5.71. The number of piperidine rings is 1. The van der Waals surface area contributed by atoms with Crippen LogP contribution in [-0.4, -0.2) is 13.1 Å². The van der Waals surface area contributed by atoms with E-state index in [2.05, 4.69) is 5.32 Å². The molecular weight excluding hydrogens is 225 g/mol. The van der Waals surface area contributed by atoms with Crippen LogP contribution in [0.3, 0.4) is 0 Å². The lowest BCUT2D eigenvalue weighted by Gasteiger charge is -2.22. The van der Waals surface area contributed by atoms with Gasteiger partial charge in [0.25, 0.3) is 0 Å². The third-order valence-corrected chi connectivity index (χ3v) is 3.18. The van der Waals surface area contributed by atoms with Crippen LogP contribution in [0.1, 0.15) is 24.0 Å².